The Balaban J connectivity index is 1.94. The first-order valence-corrected chi connectivity index (χ1v) is 10.6. The number of aryl methyl sites for hydroxylation is 1. The SMILES string of the molecule is CCc1ccc(CN(Cc2cccnc2)S(=O)(=O)c2ccc([N+](=O)[O-])cc2)cc1. The van der Waals surface area contributed by atoms with E-state index in [2.05, 4.69) is 11.9 Å². The topological polar surface area (TPSA) is 93.4 Å². The van der Waals surface area contributed by atoms with Crippen LogP contribution in [0.5, 0.6) is 0 Å². The van der Waals surface area contributed by atoms with Gasteiger partial charge in [-0.3, -0.25) is 15.1 Å². The number of nitro groups is 1. The predicted molar refractivity (Wildman–Crippen MR) is 110 cm³/mol. The van der Waals surface area contributed by atoms with E-state index in [-0.39, 0.29) is 23.7 Å². The van der Waals surface area contributed by atoms with E-state index in [1.165, 1.54) is 34.1 Å². The zero-order chi connectivity index (χ0) is 20.9. The van der Waals surface area contributed by atoms with Gasteiger partial charge in [0.2, 0.25) is 10.0 Å². The smallest absolute Gasteiger partial charge is 0.264 e. The highest BCUT2D eigenvalue weighted by Crippen LogP contribution is 2.23. The minimum atomic E-state index is -3.87. The molecule has 0 saturated carbocycles. The van der Waals surface area contributed by atoms with Gasteiger partial charge in [0.05, 0.1) is 9.82 Å². The van der Waals surface area contributed by atoms with Gasteiger partial charge in [0, 0.05) is 37.6 Å². The number of rotatable bonds is 8. The van der Waals surface area contributed by atoms with Gasteiger partial charge in [-0.05, 0) is 41.3 Å². The van der Waals surface area contributed by atoms with Gasteiger partial charge in [0.15, 0.2) is 0 Å². The van der Waals surface area contributed by atoms with Gasteiger partial charge in [0.1, 0.15) is 0 Å². The molecule has 7 nitrogen and oxygen atoms in total. The van der Waals surface area contributed by atoms with Crippen molar-refractivity contribution in [1.29, 1.82) is 0 Å². The zero-order valence-corrected chi connectivity index (χ0v) is 16.7. The molecule has 0 unspecified atom stereocenters. The molecule has 8 heteroatoms. The van der Waals surface area contributed by atoms with Crippen molar-refractivity contribution in [2.24, 2.45) is 0 Å². The van der Waals surface area contributed by atoms with Crippen molar-refractivity contribution >= 4 is 15.7 Å². The number of nitro benzene ring substituents is 1. The highest BCUT2D eigenvalue weighted by molar-refractivity contribution is 7.89. The van der Waals surface area contributed by atoms with E-state index < -0.39 is 14.9 Å². The van der Waals surface area contributed by atoms with E-state index in [4.69, 9.17) is 0 Å². The van der Waals surface area contributed by atoms with Gasteiger partial charge in [-0.25, -0.2) is 8.42 Å². The first kappa shape index (κ1) is 20.6. The van der Waals surface area contributed by atoms with E-state index in [9.17, 15) is 18.5 Å². The number of aromatic nitrogens is 1. The molecule has 150 valence electrons. The quantitative estimate of drug-likeness (QED) is 0.413. The standard InChI is InChI=1S/C21H21N3O4S/c1-2-17-5-7-18(8-6-17)15-23(16-19-4-3-13-22-14-19)29(27,28)21-11-9-20(10-12-21)24(25)26/h3-14H,2,15-16H2,1H3. The Morgan fingerprint density at radius 1 is 0.931 bits per heavy atom. The van der Waals surface area contributed by atoms with Crippen LogP contribution in [0, 0.1) is 10.1 Å². The summed E-state index contributed by atoms with van der Waals surface area (Å²) in [7, 11) is -3.87. The van der Waals surface area contributed by atoms with Crippen molar-refractivity contribution < 1.29 is 13.3 Å². The van der Waals surface area contributed by atoms with Gasteiger partial charge in [-0.15, -0.1) is 0 Å². The Bertz CT molecular complexity index is 1070. The van der Waals surface area contributed by atoms with Crippen LogP contribution in [-0.4, -0.2) is 22.6 Å². The molecule has 29 heavy (non-hydrogen) atoms. The van der Waals surface area contributed by atoms with Gasteiger partial charge in [0.25, 0.3) is 5.69 Å². The van der Waals surface area contributed by atoms with Crippen LogP contribution in [-0.2, 0) is 29.5 Å². The van der Waals surface area contributed by atoms with Crippen LogP contribution >= 0.6 is 0 Å². The van der Waals surface area contributed by atoms with Gasteiger partial charge < -0.3 is 0 Å². The number of hydrogen-bond acceptors (Lipinski definition) is 5. The second-order valence-electron chi connectivity index (χ2n) is 6.56. The van der Waals surface area contributed by atoms with Crippen LogP contribution in [0.25, 0.3) is 0 Å². The molecule has 0 aliphatic carbocycles. The third-order valence-corrected chi connectivity index (χ3v) is 6.36. The van der Waals surface area contributed by atoms with Crippen LogP contribution in [0.2, 0.25) is 0 Å². The predicted octanol–water partition coefficient (Wildman–Crippen LogP) is 3.94. The fourth-order valence-corrected chi connectivity index (χ4v) is 4.31. The first-order chi connectivity index (χ1) is 13.9. The summed E-state index contributed by atoms with van der Waals surface area (Å²) in [6, 6.07) is 16.3. The molecule has 0 N–H and O–H groups in total. The lowest BCUT2D eigenvalue weighted by atomic mass is 10.1. The molecule has 0 spiro atoms. The van der Waals surface area contributed by atoms with Crippen molar-refractivity contribution in [3.63, 3.8) is 0 Å². The maximum atomic E-state index is 13.3. The summed E-state index contributed by atoms with van der Waals surface area (Å²) < 4.78 is 27.9. The van der Waals surface area contributed by atoms with Crippen LogP contribution in [0.15, 0.2) is 78.0 Å². The third kappa shape index (κ3) is 5.04. The maximum Gasteiger partial charge on any atom is 0.269 e. The molecule has 0 bridgehead atoms. The summed E-state index contributed by atoms with van der Waals surface area (Å²) in [6.45, 7) is 2.38. The molecule has 0 saturated heterocycles. The molecule has 0 amide bonds. The van der Waals surface area contributed by atoms with Crippen molar-refractivity contribution in [2.45, 2.75) is 31.3 Å². The molecule has 0 fully saturated rings. The number of benzene rings is 2. The summed E-state index contributed by atoms with van der Waals surface area (Å²) in [4.78, 5) is 14.4. The second kappa shape index (κ2) is 8.93. The highest BCUT2D eigenvalue weighted by Gasteiger charge is 2.25. The Labute approximate surface area is 169 Å². The Kier molecular flexibility index (Phi) is 6.36. The Morgan fingerprint density at radius 2 is 1.55 bits per heavy atom. The van der Waals surface area contributed by atoms with Crippen LogP contribution in [0.3, 0.4) is 0 Å². The average molecular weight is 411 g/mol. The maximum absolute atomic E-state index is 13.3. The molecule has 2 aromatic carbocycles. The molecular weight excluding hydrogens is 390 g/mol. The number of nitrogens with zero attached hydrogens (tertiary/aromatic N) is 3. The monoisotopic (exact) mass is 411 g/mol. The average Bonchev–Trinajstić information content (AvgIpc) is 2.74. The van der Waals surface area contributed by atoms with E-state index >= 15 is 0 Å². The van der Waals surface area contributed by atoms with E-state index in [0.717, 1.165) is 17.5 Å². The summed E-state index contributed by atoms with van der Waals surface area (Å²) in [5.41, 5.74) is 2.63. The largest absolute Gasteiger partial charge is 0.269 e. The third-order valence-electron chi connectivity index (χ3n) is 4.56. The number of sulfonamides is 1. The van der Waals surface area contributed by atoms with Crippen molar-refractivity contribution in [1.82, 2.24) is 9.29 Å². The number of pyridine rings is 1. The fourth-order valence-electron chi connectivity index (χ4n) is 2.89. The lowest BCUT2D eigenvalue weighted by Gasteiger charge is -2.22. The summed E-state index contributed by atoms with van der Waals surface area (Å²) in [5, 5.41) is 10.9. The molecule has 1 aromatic heterocycles. The molecule has 3 rings (SSSR count). The van der Waals surface area contributed by atoms with Crippen molar-refractivity contribution in [3.05, 3.63) is 99.9 Å². The summed E-state index contributed by atoms with van der Waals surface area (Å²) in [6.07, 6.45) is 4.15. The van der Waals surface area contributed by atoms with Gasteiger partial charge >= 0.3 is 0 Å². The number of hydrogen-bond donors (Lipinski definition) is 0. The molecular formula is C21H21N3O4S. The van der Waals surface area contributed by atoms with E-state index in [0.29, 0.717) is 0 Å². The highest BCUT2D eigenvalue weighted by atomic mass is 32.2. The van der Waals surface area contributed by atoms with Crippen LogP contribution in [0.4, 0.5) is 5.69 Å². The molecule has 1 heterocycles. The van der Waals surface area contributed by atoms with Gasteiger partial charge in [-0.2, -0.15) is 4.31 Å². The van der Waals surface area contributed by atoms with E-state index in [1.807, 2.05) is 30.3 Å². The van der Waals surface area contributed by atoms with Crippen molar-refractivity contribution in [3.8, 4) is 0 Å². The lowest BCUT2D eigenvalue weighted by molar-refractivity contribution is -0.384. The Morgan fingerprint density at radius 3 is 2.10 bits per heavy atom. The zero-order valence-electron chi connectivity index (χ0n) is 15.9. The second-order valence-corrected chi connectivity index (χ2v) is 8.49. The Hall–Kier alpha value is -3.10. The summed E-state index contributed by atoms with van der Waals surface area (Å²) >= 11 is 0. The van der Waals surface area contributed by atoms with Crippen LogP contribution < -0.4 is 0 Å². The van der Waals surface area contributed by atoms with Crippen molar-refractivity contribution in [2.75, 3.05) is 0 Å². The normalized spacial score (nSPS) is 11.5. The minimum absolute atomic E-state index is 0.0113. The molecule has 0 atom stereocenters. The molecule has 0 aliphatic heterocycles. The minimum Gasteiger partial charge on any atom is -0.264 e. The first-order valence-electron chi connectivity index (χ1n) is 9.11. The molecule has 0 radical (unpaired) electrons. The molecule has 0 aliphatic rings. The molecule has 3 aromatic rings. The van der Waals surface area contributed by atoms with Crippen LogP contribution in [0.1, 0.15) is 23.6 Å². The summed E-state index contributed by atoms with van der Waals surface area (Å²) in [5.74, 6) is 0. The fraction of sp³-hybridized carbons (Fsp3) is 0.190. The van der Waals surface area contributed by atoms with E-state index in [1.54, 1.807) is 18.5 Å². The van der Waals surface area contributed by atoms with Gasteiger partial charge in [-0.1, -0.05) is 37.3 Å². The number of non-ortho nitro benzene ring substituents is 1. The lowest BCUT2D eigenvalue weighted by Crippen LogP contribution is -2.30.